The van der Waals surface area contributed by atoms with E-state index in [2.05, 4.69) is 20.9 Å². The Morgan fingerprint density at radius 1 is 0.956 bits per heavy atom. The van der Waals surface area contributed by atoms with Crippen molar-refractivity contribution in [3.63, 3.8) is 0 Å². The molecule has 234 valence electrons. The first kappa shape index (κ1) is 32.9. The molecule has 1 aliphatic rings. The first-order valence-electron chi connectivity index (χ1n) is 15.3. The van der Waals surface area contributed by atoms with Crippen LogP contribution in [0.15, 0.2) is 84.9 Å². The van der Waals surface area contributed by atoms with E-state index in [0.717, 1.165) is 33.6 Å². The molecule has 5 rings (SSSR count). The van der Waals surface area contributed by atoms with Crippen LogP contribution >= 0.6 is 0 Å². The van der Waals surface area contributed by atoms with Crippen LogP contribution in [0.3, 0.4) is 0 Å². The van der Waals surface area contributed by atoms with Gasteiger partial charge in [0.2, 0.25) is 11.8 Å². The summed E-state index contributed by atoms with van der Waals surface area (Å²) in [7, 11) is 0. The number of hydrogen-bond donors (Lipinski definition) is 4. The Bertz CT molecular complexity index is 1690. The van der Waals surface area contributed by atoms with Crippen molar-refractivity contribution in [3.8, 4) is 0 Å². The molecule has 0 saturated heterocycles. The molecule has 4 N–H and O–H groups in total. The summed E-state index contributed by atoms with van der Waals surface area (Å²) >= 11 is 0. The molecule has 3 amide bonds. The second-order valence-electron chi connectivity index (χ2n) is 11.1. The third kappa shape index (κ3) is 7.76. The lowest BCUT2D eigenvalue weighted by Crippen LogP contribution is -2.26. The van der Waals surface area contributed by atoms with E-state index in [9.17, 15) is 18.8 Å². The molecule has 1 aromatic heterocycles. The number of nitrogens with one attached hydrogen (secondary N) is 4. The number of hydrogen-bond acceptors (Lipinski definition) is 3. The number of carbonyl (C=O) groups is 3. The number of benzene rings is 3. The largest absolute Gasteiger partial charge is 0.360 e. The number of rotatable bonds is 9. The fourth-order valence-corrected chi connectivity index (χ4v) is 5.46. The van der Waals surface area contributed by atoms with E-state index < -0.39 is 5.92 Å². The molecule has 0 spiro atoms. The van der Waals surface area contributed by atoms with Crippen LogP contribution < -0.4 is 16.0 Å². The lowest BCUT2D eigenvalue weighted by Gasteiger charge is -2.15. The number of carbonyl (C=O) groups excluding carboxylic acids is 3. The Kier molecular flexibility index (Phi) is 10.7. The number of allylic oxidation sites excluding steroid dienone is 1. The van der Waals surface area contributed by atoms with Gasteiger partial charge in [-0.3, -0.25) is 14.4 Å². The number of fused-ring (bicyclic) bond motifs is 1. The van der Waals surface area contributed by atoms with Crippen LogP contribution in [0.4, 0.5) is 15.8 Å². The van der Waals surface area contributed by atoms with Crippen LogP contribution in [0, 0.1) is 19.7 Å². The smallest absolute Gasteiger partial charge is 0.251 e. The van der Waals surface area contributed by atoms with Gasteiger partial charge in [-0.05, 0) is 85.4 Å². The fraction of sp³-hybridized carbons (Fsp3) is 0.270. The van der Waals surface area contributed by atoms with Crippen molar-refractivity contribution in [2.75, 3.05) is 10.6 Å². The molecule has 0 aliphatic carbocycles. The van der Waals surface area contributed by atoms with Gasteiger partial charge in [-0.2, -0.15) is 0 Å². The number of halogens is 1. The molecule has 0 fully saturated rings. The summed E-state index contributed by atoms with van der Waals surface area (Å²) < 4.78 is 13.3. The molecule has 3 unspecified atom stereocenters. The first-order chi connectivity index (χ1) is 21.6. The van der Waals surface area contributed by atoms with Gasteiger partial charge in [-0.25, -0.2) is 4.39 Å². The van der Waals surface area contributed by atoms with Gasteiger partial charge in [0.05, 0.1) is 17.6 Å². The molecular formula is C37H41FN4O3. The molecule has 4 aromatic rings. The highest BCUT2D eigenvalue weighted by Crippen LogP contribution is 2.37. The molecule has 8 heteroatoms. The second kappa shape index (κ2) is 14.7. The van der Waals surface area contributed by atoms with Crippen LogP contribution in [0.25, 0.3) is 0 Å². The monoisotopic (exact) mass is 608 g/mol. The van der Waals surface area contributed by atoms with Gasteiger partial charge in [-0.1, -0.05) is 69.3 Å². The van der Waals surface area contributed by atoms with Gasteiger partial charge >= 0.3 is 0 Å². The van der Waals surface area contributed by atoms with Crippen molar-refractivity contribution < 1.29 is 18.8 Å². The maximum atomic E-state index is 13.3. The Hall–Kier alpha value is -4.98. The van der Waals surface area contributed by atoms with E-state index in [1.807, 2.05) is 78.0 Å². The third-order valence-electron chi connectivity index (χ3n) is 8.04. The highest BCUT2D eigenvalue weighted by molar-refractivity contribution is 6.05. The summed E-state index contributed by atoms with van der Waals surface area (Å²) in [4.78, 5) is 42.2. The maximum Gasteiger partial charge on any atom is 0.251 e. The molecule has 7 nitrogen and oxygen atoms in total. The third-order valence-corrected chi connectivity index (χ3v) is 8.04. The van der Waals surface area contributed by atoms with Gasteiger partial charge in [0.1, 0.15) is 5.82 Å². The number of amides is 3. The van der Waals surface area contributed by atoms with Gasteiger partial charge < -0.3 is 20.9 Å². The van der Waals surface area contributed by atoms with Crippen molar-refractivity contribution in [2.24, 2.45) is 0 Å². The van der Waals surface area contributed by atoms with Gasteiger partial charge in [0.25, 0.3) is 5.91 Å². The minimum Gasteiger partial charge on any atom is -0.360 e. The van der Waals surface area contributed by atoms with Crippen LogP contribution in [0.5, 0.6) is 0 Å². The van der Waals surface area contributed by atoms with Crippen molar-refractivity contribution in [2.45, 2.75) is 65.8 Å². The Labute approximate surface area is 264 Å². The summed E-state index contributed by atoms with van der Waals surface area (Å²) in [6.45, 7) is 11.7. The number of aromatic amines is 1. The number of H-pyrrole nitrogens is 1. The Morgan fingerprint density at radius 2 is 1.64 bits per heavy atom. The summed E-state index contributed by atoms with van der Waals surface area (Å²) in [6, 6.07) is 20.8. The van der Waals surface area contributed by atoms with E-state index in [0.29, 0.717) is 23.4 Å². The molecule has 1 aliphatic heterocycles. The molecule has 2 heterocycles. The predicted octanol–water partition coefficient (Wildman–Crippen LogP) is 7.86. The molecule has 0 bridgehead atoms. The molecule has 0 saturated carbocycles. The molecule has 3 atom stereocenters. The van der Waals surface area contributed by atoms with E-state index in [-0.39, 0.29) is 35.5 Å². The average molecular weight is 609 g/mol. The summed E-state index contributed by atoms with van der Waals surface area (Å²) in [5.74, 6) is -1.42. The maximum absolute atomic E-state index is 13.3. The Morgan fingerprint density at radius 3 is 2.33 bits per heavy atom. The molecule has 45 heavy (non-hydrogen) atoms. The topological polar surface area (TPSA) is 103 Å². The van der Waals surface area contributed by atoms with Crippen LogP contribution in [-0.4, -0.2) is 22.7 Å². The molecular weight excluding hydrogens is 567 g/mol. The highest BCUT2D eigenvalue weighted by Gasteiger charge is 2.33. The number of aryl methyl sites for hydroxylation is 1. The Balaban J connectivity index is 0.00000226. The van der Waals surface area contributed by atoms with Crippen LogP contribution in [0.2, 0.25) is 0 Å². The van der Waals surface area contributed by atoms with E-state index in [1.54, 1.807) is 36.4 Å². The summed E-state index contributed by atoms with van der Waals surface area (Å²) in [5.41, 5.74) is 6.94. The zero-order valence-electron chi connectivity index (χ0n) is 26.6. The quantitative estimate of drug-likeness (QED) is 0.145. The molecule has 0 radical (unpaired) electrons. The number of anilines is 2. The fourth-order valence-electron chi connectivity index (χ4n) is 5.46. The first-order valence-corrected chi connectivity index (χ1v) is 15.3. The lowest BCUT2D eigenvalue weighted by molar-refractivity contribution is -0.117. The number of aromatic nitrogens is 1. The summed E-state index contributed by atoms with van der Waals surface area (Å²) in [5, 5.41) is 8.85. The van der Waals surface area contributed by atoms with Crippen molar-refractivity contribution >= 4 is 29.1 Å². The van der Waals surface area contributed by atoms with Crippen molar-refractivity contribution in [1.29, 1.82) is 0 Å². The predicted molar refractivity (Wildman–Crippen MR) is 178 cm³/mol. The second-order valence-corrected chi connectivity index (χ2v) is 11.1. The minimum absolute atomic E-state index is 0.0926. The van der Waals surface area contributed by atoms with Crippen molar-refractivity contribution in [3.05, 3.63) is 130 Å². The van der Waals surface area contributed by atoms with Crippen LogP contribution in [-0.2, 0) is 16.0 Å². The summed E-state index contributed by atoms with van der Waals surface area (Å²) in [6.07, 6.45) is 3.80. The normalized spacial score (nSPS) is 15.0. The zero-order valence-corrected chi connectivity index (χ0v) is 26.6. The van der Waals surface area contributed by atoms with Gasteiger partial charge in [0, 0.05) is 29.1 Å². The SMILES string of the molecule is CC.Cc1[nH]c(CC2C(=O)Nc3ccc(C(=O)NC(C)c4ccc(F)cc4)cc32)c(C)c1NC(=O)/C=C/C(C)c1ccccc1. The molecule has 3 aromatic carbocycles. The lowest BCUT2D eigenvalue weighted by atomic mass is 9.93. The van der Waals surface area contributed by atoms with Crippen LogP contribution in [0.1, 0.15) is 89.6 Å². The van der Waals surface area contributed by atoms with Gasteiger partial charge in [-0.15, -0.1) is 0 Å². The van der Waals surface area contributed by atoms with E-state index in [4.69, 9.17) is 0 Å². The minimum atomic E-state index is -0.510. The standard InChI is InChI=1S/C35H35FN4O3.C2H6/c1-20(24-8-6-5-7-9-24)10-17-32(41)40-33-21(2)31(37-23(33)4)19-29-28-18-26(13-16-30(28)39-35(29)43)34(42)38-22(3)25-11-14-27(36)15-12-25;1-2/h5-18,20,22,29,37H,19H2,1-4H3,(H,38,42)(H,39,43)(H,40,41);1-2H3/b17-10+;. The van der Waals surface area contributed by atoms with E-state index in [1.165, 1.54) is 12.1 Å². The highest BCUT2D eigenvalue weighted by atomic mass is 19.1. The zero-order chi connectivity index (χ0) is 32.7. The van der Waals surface area contributed by atoms with E-state index >= 15 is 0 Å². The average Bonchev–Trinajstić information content (AvgIpc) is 3.50. The van der Waals surface area contributed by atoms with Gasteiger partial charge in [0.15, 0.2) is 0 Å². The van der Waals surface area contributed by atoms with Crippen molar-refractivity contribution in [1.82, 2.24) is 10.3 Å².